The molecule has 108 valence electrons. The molecular weight excluding hydrogens is 224 g/mol. The van der Waals surface area contributed by atoms with Crippen LogP contribution in [0.5, 0.6) is 0 Å². The molecule has 0 aliphatic carbocycles. The largest absolute Gasteiger partial charge is 0.383 e. The Morgan fingerprint density at radius 3 is 2.61 bits per heavy atom. The zero-order chi connectivity index (χ0) is 13.1. The fourth-order valence-corrected chi connectivity index (χ4v) is 2.66. The van der Waals surface area contributed by atoms with Gasteiger partial charge in [0.2, 0.25) is 0 Å². The third kappa shape index (κ3) is 7.34. The molecule has 1 heterocycles. The number of methoxy groups -OCH3 is 1. The van der Waals surface area contributed by atoms with Crippen molar-refractivity contribution in [3.8, 4) is 0 Å². The smallest absolute Gasteiger partial charge is 0.0587 e. The van der Waals surface area contributed by atoms with Crippen molar-refractivity contribution < 1.29 is 4.74 Å². The van der Waals surface area contributed by atoms with Crippen molar-refractivity contribution in [3.63, 3.8) is 0 Å². The maximum atomic E-state index is 5.04. The lowest BCUT2D eigenvalue weighted by Gasteiger charge is -2.32. The quantitative estimate of drug-likeness (QED) is 0.608. The molecule has 0 radical (unpaired) electrons. The Morgan fingerprint density at radius 1 is 1.17 bits per heavy atom. The van der Waals surface area contributed by atoms with Crippen molar-refractivity contribution in [3.05, 3.63) is 0 Å². The zero-order valence-electron chi connectivity index (χ0n) is 12.4. The molecule has 0 amide bonds. The molecule has 1 N–H and O–H groups in total. The highest BCUT2D eigenvalue weighted by molar-refractivity contribution is 4.73. The minimum atomic E-state index is 0.830. The zero-order valence-corrected chi connectivity index (χ0v) is 12.4. The van der Waals surface area contributed by atoms with Gasteiger partial charge in [0, 0.05) is 13.7 Å². The lowest BCUT2D eigenvalue weighted by Crippen LogP contribution is -2.38. The SMILES string of the molecule is CCCCCCN1CCC(CNCCOC)CC1. The average molecular weight is 256 g/mol. The van der Waals surface area contributed by atoms with Crippen LogP contribution in [0.4, 0.5) is 0 Å². The monoisotopic (exact) mass is 256 g/mol. The summed E-state index contributed by atoms with van der Waals surface area (Å²) < 4.78 is 5.04. The lowest BCUT2D eigenvalue weighted by atomic mass is 9.96. The highest BCUT2D eigenvalue weighted by Crippen LogP contribution is 2.16. The van der Waals surface area contributed by atoms with Gasteiger partial charge in [0.25, 0.3) is 0 Å². The average Bonchev–Trinajstić information content (AvgIpc) is 2.41. The molecule has 0 unspecified atom stereocenters. The summed E-state index contributed by atoms with van der Waals surface area (Å²) in [5, 5.41) is 3.49. The summed E-state index contributed by atoms with van der Waals surface area (Å²) >= 11 is 0. The van der Waals surface area contributed by atoms with Crippen LogP contribution in [0, 0.1) is 5.92 Å². The number of hydrogen-bond donors (Lipinski definition) is 1. The van der Waals surface area contributed by atoms with Gasteiger partial charge in [-0.2, -0.15) is 0 Å². The summed E-state index contributed by atoms with van der Waals surface area (Å²) in [6, 6.07) is 0. The predicted octanol–water partition coefficient (Wildman–Crippen LogP) is 2.51. The van der Waals surface area contributed by atoms with Crippen LogP contribution in [-0.2, 0) is 4.74 Å². The molecule has 3 heteroatoms. The predicted molar refractivity (Wildman–Crippen MR) is 78.1 cm³/mol. The molecule has 1 aliphatic heterocycles. The molecule has 3 nitrogen and oxygen atoms in total. The summed E-state index contributed by atoms with van der Waals surface area (Å²) in [7, 11) is 1.76. The molecule has 1 aliphatic rings. The number of hydrogen-bond acceptors (Lipinski definition) is 3. The third-order valence-corrected chi connectivity index (χ3v) is 3.95. The Morgan fingerprint density at radius 2 is 1.94 bits per heavy atom. The molecule has 18 heavy (non-hydrogen) atoms. The maximum Gasteiger partial charge on any atom is 0.0587 e. The number of likely N-dealkylation sites (tertiary alicyclic amines) is 1. The van der Waals surface area contributed by atoms with E-state index >= 15 is 0 Å². The maximum absolute atomic E-state index is 5.04. The van der Waals surface area contributed by atoms with Crippen molar-refractivity contribution in [2.45, 2.75) is 45.4 Å². The highest BCUT2D eigenvalue weighted by Gasteiger charge is 2.18. The molecular formula is C15H32N2O. The van der Waals surface area contributed by atoms with Crippen LogP contribution in [0.3, 0.4) is 0 Å². The Bertz CT molecular complexity index is 159. The van der Waals surface area contributed by atoms with Gasteiger partial charge < -0.3 is 15.0 Å². The summed E-state index contributed by atoms with van der Waals surface area (Å²) in [5.41, 5.74) is 0. The molecule has 0 aromatic rings. The topological polar surface area (TPSA) is 24.5 Å². The number of nitrogens with one attached hydrogen (secondary N) is 1. The van der Waals surface area contributed by atoms with E-state index in [2.05, 4.69) is 17.1 Å². The minimum Gasteiger partial charge on any atom is -0.383 e. The van der Waals surface area contributed by atoms with Crippen molar-refractivity contribution in [1.29, 1.82) is 0 Å². The van der Waals surface area contributed by atoms with Gasteiger partial charge in [-0.1, -0.05) is 26.2 Å². The minimum absolute atomic E-state index is 0.830. The van der Waals surface area contributed by atoms with Crippen LogP contribution in [-0.4, -0.2) is 51.3 Å². The lowest BCUT2D eigenvalue weighted by molar-refractivity contribution is 0.171. The second-order valence-electron chi connectivity index (χ2n) is 5.54. The van der Waals surface area contributed by atoms with Crippen LogP contribution in [0.2, 0.25) is 0 Å². The van der Waals surface area contributed by atoms with Gasteiger partial charge in [0.15, 0.2) is 0 Å². The van der Waals surface area contributed by atoms with Gasteiger partial charge in [-0.3, -0.25) is 0 Å². The molecule has 0 atom stereocenters. The van der Waals surface area contributed by atoms with E-state index in [1.807, 2.05) is 0 Å². The van der Waals surface area contributed by atoms with Crippen LogP contribution in [0.25, 0.3) is 0 Å². The van der Waals surface area contributed by atoms with Crippen LogP contribution in [0.15, 0.2) is 0 Å². The van der Waals surface area contributed by atoms with E-state index in [0.717, 1.165) is 19.1 Å². The van der Waals surface area contributed by atoms with E-state index in [1.165, 1.54) is 64.7 Å². The van der Waals surface area contributed by atoms with Crippen molar-refractivity contribution >= 4 is 0 Å². The summed E-state index contributed by atoms with van der Waals surface area (Å²) in [5.74, 6) is 0.883. The Hall–Kier alpha value is -0.120. The first-order valence-electron chi connectivity index (χ1n) is 7.78. The molecule has 0 bridgehead atoms. The first-order valence-corrected chi connectivity index (χ1v) is 7.78. The molecule has 1 fully saturated rings. The number of unbranched alkanes of at least 4 members (excludes halogenated alkanes) is 3. The van der Waals surface area contributed by atoms with E-state index in [9.17, 15) is 0 Å². The highest BCUT2D eigenvalue weighted by atomic mass is 16.5. The number of ether oxygens (including phenoxy) is 1. The van der Waals surface area contributed by atoms with Gasteiger partial charge in [-0.15, -0.1) is 0 Å². The fourth-order valence-electron chi connectivity index (χ4n) is 2.66. The number of nitrogens with zero attached hydrogens (tertiary/aromatic N) is 1. The van der Waals surface area contributed by atoms with Gasteiger partial charge >= 0.3 is 0 Å². The van der Waals surface area contributed by atoms with Crippen LogP contribution < -0.4 is 5.32 Å². The number of rotatable bonds is 10. The van der Waals surface area contributed by atoms with E-state index in [4.69, 9.17) is 4.74 Å². The normalized spacial score (nSPS) is 18.3. The molecule has 0 aromatic carbocycles. The van der Waals surface area contributed by atoms with E-state index in [-0.39, 0.29) is 0 Å². The first kappa shape index (κ1) is 15.9. The molecule has 1 rings (SSSR count). The van der Waals surface area contributed by atoms with Crippen molar-refractivity contribution in [2.75, 3.05) is 46.4 Å². The van der Waals surface area contributed by atoms with Crippen LogP contribution >= 0.6 is 0 Å². The van der Waals surface area contributed by atoms with Crippen molar-refractivity contribution in [2.24, 2.45) is 5.92 Å². The Kier molecular flexibility index (Phi) is 9.54. The van der Waals surface area contributed by atoms with Crippen molar-refractivity contribution in [1.82, 2.24) is 10.2 Å². The molecule has 0 saturated carbocycles. The standard InChI is InChI=1S/C15H32N2O/c1-3-4-5-6-10-17-11-7-15(8-12-17)14-16-9-13-18-2/h15-16H,3-14H2,1-2H3. The van der Waals surface area contributed by atoms with Gasteiger partial charge in [-0.25, -0.2) is 0 Å². The van der Waals surface area contributed by atoms with E-state index < -0.39 is 0 Å². The van der Waals surface area contributed by atoms with Gasteiger partial charge in [0.05, 0.1) is 6.61 Å². The Labute approximate surface area is 113 Å². The third-order valence-electron chi connectivity index (χ3n) is 3.95. The molecule has 0 aromatic heterocycles. The van der Waals surface area contributed by atoms with Crippen LogP contribution in [0.1, 0.15) is 45.4 Å². The summed E-state index contributed by atoms with van der Waals surface area (Å²) in [6.07, 6.45) is 8.29. The fraction of sp³-hybridized carbons (Fsp3) is 1.00. The first-order chi connectivity index (χ1) is 8.86. The van der Waals surface area contributed by atoms with Gasteiger partial charge in [-0.05, 0) is 51.4 Å². The summed E-state index contributed by atoms with van der Waals surface area (Å²) in [6.45, 7) is 9.22. The number of piperidine rings is 1. The Balaban J connectivity index is 1.95. The molecule has 0 spiro atoms. The second-order valence-corrected chi connectivity index (χ2v) is 5.54. The van der Waals surface area contributed by atoms with E-state index in [1.54, 1.807) is 7.11 Å². The summed E-state index contributed by atoms with van der Waals surface area (Å²) in [4.78, 5) is 2.65. The molecule has 1 saturated heterocycles. The van der Waals surface area contributed by atoms with E-state index in [0.29, 0.717) is 0 Å². The van der Waals surface area contributed by atoms with Gasteiger partial charge in [0.1, 0.15) is 0 Å². The second kappa shape index (κ2) is 10.8.